The smallest absolute Gasteiger partial charge is 0.872 e. The molecule has 3 nitrogen and oxygen atoms in total. The molecule has 0 bridgehead atoms. The third kappa shape index (κ3) is 13.5. The molecular formula is C45H69NdO3. The molecule has 3 rings (SSSR count). The van der Waals surface area contributed by atoms with Crippen molar-refractivity contribution in [3.8, 4) is 17.2 Å². The molecule has 271 valence electrons. The maximum Gasteiger partial charge on any atom is 3.00 e. The first-order valence-electron chi connectivity index (χ1n) is 17.6. The summed E-state index contributed by atoms with van der Waals surface area (Å²) in [5.74, 6) is 0.641. The predicted octanol–water partition coefficient (Wildman–Crippen LogP) is 11.0. The van der Waals surface area contributed by atoms with Crippen LogP contribution in [0.3, 0.4) is 0 Å². The normalized spacial score (nSPS) is 12.7. The van der Waals surface area contributed by atoms with Gasteiger partial charge in [-0.25, -0.2) is 0 Å². The van der Waals surface area contributed by atoms with Crippen molar-refractivity contribution in [2.45, 2.75) is 178 Å². The van der Waals surface area contributed by atoms with E-state index in [4.69, 9.17) is 0 Å². The summed E-state index contributed by atoms with van der Waals surface area (Å²) in [6.07, 6.45) is 0. The number of hydrogen-bond donors (Lipinski definition) is 0. The Morgan fingerprint density at radius 3 is 0.469 bits per heavy atom. The first kappa shape index (κ1) is 47.4. The summed E-state index contributed by atoms with van der Waals surface area (Å²) in [6.45, 7) is 43.8. The summed E-state index contributed by atoms with van der Waals surface area (Å²) >= 11 is 0. The van der Waals surface area contributed by atoms with Crippen molar-refractivity contribution in [3.63, 3.8) is 0 Å². The van der Waals surface area contributed by atoms with Crippen molar-refractivity contribution < 1.29 is 56.2 Å². The fourth-order valence-electron chi connectivity index (χ4n) is 5.66. The van der Waals surface area contributed by atoms with Gasteiger partial charge < -0.3 is 15.3 Å². The number of hydrogen-bond acceptors (Lipinski definition) is 3. The van der Waals surface area contributed by atoms with Crippen LogP contribution in [-0.4, -0.2) is 0 Å². The van der Waals surface area contributed by atoms with Gasteiger partial charge >= 0.3 is 40.8 Å². The molecule has 0 aromatic heterocycles. The Labute approximate surface area is 335 Å². The third-order valence-corrected chi connectivity index (χ3v) is 8.55. The van der Waals surface area contributed by atoms with Gasteiger partial charge in [-0.2, -0.15) is 0 Å². The van der Waals surface area contributed by atoms with Crippen LogP contribution in [-0.2, 0) is 32.5 Å². The van der Waals surface area contributed by atoms with E-state index in [-0.39, 0.29) is 90.6 Å². The Balaban J connectivity index is 0.000000698. The second-order valence-corrected chi connectivity index (χ2v) is 20.1. The molecule has 0 spiro atoms. The van der Waals surface area contributed by atoms with E-state index in [1.807, 2.05) is 36.4 Å². The molecule has 3 aromatic carbocycles. The molecule has 49 heavy (non-hydrogen) atoms. The number of aryl methyl sites for hydroxylation is 3. The van der Waals surface area contributed by atoms with E-state index in [0.717, 1.165) is 33.4 Å². The zero-order valence-electron chi connectivity index (χ0n) is 35.2. The van der Waals surface area contributed by atoms with E-state index >= 15 is 0 Å². The molecule has 0 amide bonds. The quantitative estimate of drug-likeness (QED) is 0.227. The van der Waals surface area contributed by atoms with Gasteiger partial charge in [0.2, 0.25) is 0 Å². The van der Waals surface area contributed by atoms with Gasteiger partial charge in [-0.1, -0.05) is 178 Å². The van der Waals surface area contributed by atoms with Crippen molar-refractivity contribution in [3.05, 3.63) is 86.5 Å². The Kier molecular flexibility index (Phi) is 15.9. The largest absolute Gasteiger partial charge is 3.00 e. The standard InChI is InChI=1S/3C15H24O.Nd/c3*1-10-8-11(14(2,3)4)13(16)12(9-10)15(5,6)7;/h3*8-9,16H,1-7H3;/q;;;+3/p-3. The Morgan fingerprint density at radius 1 is 0.286 bits per heavy atom. The van der Waals surface area contributed by atoms with Crippen LogP contribution >= 0.6 is 0 Å². The number of benzene rings is 3. The molecule has 0 saturated heterocycles. The minimum atomic E-state index is -0.0803. The van der Waals surface area contributed by atoms with Gasteiger partial charge in [-0.3, -0.25) is 0 Å². The summed E-state index contributed by atoms with van der Waals surface area (Å²) in [5.41, 5.74) is 8.61. The van der Waals surface area contributed by atoms with E-state index in [9.17, 15) is 15.3 Å². The van der Waals surface area contributed by atoms with Gasteiger partial charge in [0, 0.05) is 0 Å². The Bertz CT molecular complexity index is 1260. The first-order chi connectivity index (χ1) is 21.1. The van der Waals surface area contributed by atoms with Crippen molar-refractivity contribution in [2.75, 3.05) is 0 Å². The van der Waals surface area contributed by atoms with Crippen LogP contribution in [0.15, 0.2) is 36.4 Å². The molecule has 0 heterocycles. The van der Waals surface area contributed by atoms with E-state index in [1.54, 1.807) is 0 Å². The Hall–Kier alpha value is -1.59. The maximum atomic E-state index is 12.4. The van der Waals surface area contributed by atoms with Crippen LogP contribution in [0.2, 0.25) is 0 Å². The molecule has 4 heteroatoms. The minimum Gasteiger partial charge on any atom is -0.872 e. The van der Waals surface area contributed by atoms with E-state index in [0.29, 0.717) is 0 Å². The third-order valence-electron chi connectivity index (χ3n) is 8.55. The minimum absolute atomic E-state index is 0. The van der Waals surface area contributed by atoms with Gasteiger partial charge in [-0.15, -0.1) is 17.2 Å². The molecular weight excluding hydrogens is 733 g/mol. The van der Waals surface area contributed by atoms with Crippen LogP contribution in [0.25, 0.3) is 0 Å². The zero-order valence-corrected chi connectivity index (χ0v) is 38.4. The van der Waals surface area contributed by atoms with Gasteiger partial charge in [-0.05, 0) is 86.6 Å². The second kappa shape index (κ2) is 16.4. The summed E-state index contributed by atoms with van der Waals surface area (Å²) in [6, 6.07) is 12.2. The summed E-state index contributed by atoms with van der Waals surface area (Å²) in [7, 11) is 0. The molecule has 0 aliphatic rings. The molecule has 0 aliphatic carbocycles. The number of rotatable bonds is 0. The molecule has 0 aliphatic heterocycles. The van der Waals surface area contributed by atoms with E-state index < -0.39 is 0 Å². The topological polar surface area (TPSA) is 69.2 Å². The Morgan fingerprint density at radius 2 is 0.388 bits per heavy atom. The molecule has 0 atom stereocenters. The maximum absolute atomic E-state index is 12.4. The molecule has 0 unspecified atom stereocenters. The van der Waals surface area contributed by atoms with Crippen molar-refractivity contribution in [1.82, 2.24) is 0 Å². The second-order valence-electron chi connectivity index (χ2n) is 20.1. The van der Waals surface area contributed by atoms with Crippen molar-refractivity contribution in [2.24, 2.45) is 0 Å². The first-order valence-corrected chi connectivity index (χ1v) is 17.6. The predicted molar refractivity (Wildman–Crippen MR) is 204 cm³/mol. The van der Waals surface area contributed by atoms with Crippen LogP contribution in [0.5, 0.6) is 17.2 Å². The molecule has 0 fully saturated rings. The molecule has 0 saturated carbocycles. The monoisotopic (exact) mass is 799 g/mol. The van der Waals surface area contributed by atoms with Crippen LogP contribution < -0.4 is 15.3 Å². The van der Waals surface area contributed by atoms with Crippen molar-refractivity contribution in [1.29, 1.82) is 0 Å². The van der Waals surface area contributed by atoms with E-state index in [1.165, 1.54) is 16.7 Å². The fourth-order valence-corrected chi connectivity index (χ4v) is 5.66. The van der Waals surface area contributed by atoms with Gasteiger partial charge in [0.15, 0.2) is 0 Å². The van der Waals surface area contributed by atoms with Crippen LogP contribution in [0.4, 0.5) is 0 Å². The average Bonchev–Trinajstić information content (AvgIpc) is 2.84. The van der Waals surface area contributed by atoms with E-state index in [2.05, 4.69) is 145 Å². The van der Waals surface area contributed by atoms with Crippen molar-refractivity contribution >= 4 is 0 Å². The van der Waals surface area contributed by atoms with Crippen LogP contribution in [0.1, 0.15) is 175 Å². The van der Waals surface area contributed by atoms with Crippen LogP contribution in [0, 0.1) is 61.6 Å². The summed E-state index contributed by atoms with van der Waals surface area (Å²) in [5, 5.41) is 37.2. The summed E-state index contributed by atoms with van der Waals surface area (Å²) in [4.78, 5) is 0. The fraction of sp³-hybridized carbons (Fsp3) is 0.600. The van der Waals surface area contributed by atoms with Gasteiger partial charge in [0.1, 0.15) is 0 Å². The average molecular weight is 802 g/mol. The molecule has 0 N–H and O–H groups in total. The summed E-state index contributed by atoms with van der Waals surface area (Å²) < 4.78 is 0. The van der Waals surface area contributed by atoms with Gasteiger partial charge in [0.05, 0.1) is 0 Å². The molecule has 1 radical (unpaired) electrons. The zero-order chi connectivity index (χ0) is 38.2. The SMILES string of the molecule is Cc1cc(C(C)(C)C)c([O-])c(C(C)(C)C)c1.Cc1cc(C(C)(C)C)c([O-])c(C(C)(C)C)c1.Cc1cc(C(C)(C)C)c([O-])c(C(C)(C)C)c1.[Nd+3]. The van der Waals surface area contributed by atoms with Gasteiger partial charge in [0.25, 0.3) is 0 Å². The molecule has 3 aromatic rings.